The molecule has 0 saturated heterocycles. The summed E-state index contributed by atoms with van der Waals surface area (Å²) in [4.78, 5) is 23.2. The maximum Gasteiger partial charge on any atom is 0.362 e. The Bertz CT molecular complexity index is 893. The van der Waals surface area contributed by atoms with Gasteiger partial charge in [-0.3, -0.25) is 10.1 Å². The van der Waals surface area contributed by atoms with Crippen molar-refractivity contribution < 1.29 is 19.6 Å². The molecule has 0 heterocycles. The van der Waals surface area contributed by atoms with Crippen LogP contribution in [0.2, 0.25) is 0 Å². The number of nitro groups is 1. The molecule has 0 atom stereocenters. The van der Waals surface area contributed by atoms with Gasteiger partial charge in [-0.1, -0.05) is 17.7 Å². The van der Waals surface area contributed by atoms with E-state index in [2.05, 4.69) is 10.2 Å². The summed E-state index contributed by atoms with van der Waals surface area (Å²) in [5.74, 6) is -0.957. The van der Waals surface area contributed by atoms with E-state index in [0.717, 1.165) is 10.5 Å². The van der Waals surface area contributed by atoms with Crippen molar-refractivity contribution in [1.29, 1.82) is 0 Å². The first-order valence-corrected chi connectivity index (χ1v) is 9.34. The Hall–Kier alpha value is -3.20. The molecule has 2 rings (SSSR count). The summed E-state index contributed by atoms with van der Waals surface area (Å²) in [5.41, 5.74) is 1.02. The number of rotatable bonds is 8. The first-order chi connectivity index (χ1) is 13.4. The number of nitrogens with zero attached hydrogens (tertiary/aromatic N) is 3. The van der Waals surface area contributed by atoms with Gasteiger partial charge in [0.05, 0.1) is 23.0 Å². The lowest BCUT2D eigenvalue weighted by atomic mass is 10.2. The van der Waals surface area contributed by atoms with Crippen molar-refractivity contribution >= 4 is 29.1 Å². The van der Waals surface area contributed by atoms with Crippen LogP contribution in [0.25, 0.3) is 0 Å². The summed E-state index contributed by atoms with van der Waals surface area (Å²) < 4.78 is 4.92. The zero-order chi connectivity index (χ0) is 20.5. The minimum atomic E-state index is -0.796. The highest BCUT2D eigenvalue weighted by molar-refractivity contribution is 7.99. The second-order valence-corrected chi connectivity index (χ2v) is 6.64. The number of carbonyl (C=O) groups is 1. The Labute approximate surface area is 166 Å². The van der Waals surface area contributed by atoms with Crippen LogP contribution in [0.5, 0.6) is 0 Å². The molecule has 146 valence electrons. The number of carbonyl (C=O) groups excluding carboxylic acids is 1. The third-order valence-electron chi connectivity index (χ3n) is 3.46. The lowest BCUT2D eigenvalue weighted by Crippen LogP contribution is -2.09. The van der Waals surface area contributed by atoms with E-state index in [1.54, 1.807) is 6.92 Å². The van der Waals surface area contributed by atoms with Gasteiger partial charge in [-0.2, -0.15) is 5.11 Å². The molecular formula is C19H19N3O5S. The van der Waals surface area contributed by atoms with Crippen LogP contribution >= 0.6 is 11.8 Å². The minimum absolute atomic E-state index is 0.0857. The van der Waals surface area contributed by atoms with E-state index >= 15 is 0 Å². The number of aryl methyl sites for hydroxylation is 1. The Morgan fingerprint density at radius 1 is 1.18 bits per heavy atom. The van der Waals surface area contributed by atoms with Gasteiger partial charge in [0, 0.05) is 17.0 Å². The van der Waals surface area contributed by atoms with E-state index in [9.17, 15) is 20.0 Å². The highest BCUT2D eigenvalue weighted by Crippen LogP contribution is 2.24. The first kappa shape index (κ1) is 21.1. The molecule has 0 spiro atoms. The number of nitro benzene ring substituents is 1. The molecule has 9 heteroatoms. The van der Waals surface area contributed by atoms with Crippen molar-refractivity contribution in [2.45, 2.75) is 18.7 Å². The van der Waals surface area contributed by atoms with Crippen molar-refractivity contribution in [3.05, 3.63) is 75.7 Å². The third kappa shape index (κ3) is 6.20. The summed E-state index contributed by atoms with van der Waals surface area (Å²) in [6.07, 6.45) is 0. The second kappa shape index (κ2) is 10.2. The number of non-ortho nitro benzene ring substituents is 1. The molecule has 0 aliphatic heterocycles. The highest BCUT2D eigenvalue weighted by Gasteiger charge is 2.17. The van der Waals surface area contributed by atoms with E-state index in [-0.39, 0.29) is 29.5 Å². The van der Waals surface area contributed by atoms with Gasteiger partial charge < -0.3 is 9.84 Å². The second-order valence-electron chi connectivity index (χ2n) is 5.59. The summed E-state index contributed by atoms with van der Waals surface area (Å²) >= 11 is 1.34. The lowest BCUT2D eigenvalue weighted by molar-refractivity contribution is -0.384. The van der Waals surface area contributed by atoms with Gasteiger partial charge in [-0.05, 0) is 38.1 Å². The fourth-order valence-electron chi connectivity index (χ4n) is 2.02. The van der Waals surface area contributed by atoms with Gasteiger partial charge in [0.25, 0.3) is 5.69 Å². The van der Waals surface area contributed by atoms with Gasteiger partial charge in [-0.25, -0.2) is 4.79 Å². The van der Waals surface area contributed by atoms with Gasteiger partial charge in [0.2, 0.25) is 5.70 Å². The molecule has 28 heavy (non-hydrogen) atoms. The van der Waals surface area contributed by atoms with Crippen molar-refractivity contribution in [2.24, 2.45) is 10.2 Å². The Morgan fingerprint density at radius 3 is 2.39 bits per heavy atom. The van der Waals surface area contributed by atoms with Gasteiger partial charge in [0.15, 0.2) is 0 Å². The van der Waals surface area contributed by atoms with Crippen molar-refractivity contribution in [1.82, 2.24) is 0 Å². The number of esters is 1. The Kier molecular flexibility index (Phi) is 7.70. The maximum absolute atomic E-state index is 12.1. The highest BCUT2D eigenvalue weighted by atomic mass is 32.2. The Balaban J connectivity index is 2.19. The number of azo groups is 1. The molecule has 0 aliphatic carbocycles. The molecule has 0 bridgehead atoms. The molecule has 0 saturated carbocycles. The van der Waals surface area contributed by atoms with Crippen molar-refractivity contribution in [3.63, 3.8) is 0 Å². The molecule has 0 amide bonds. The van der Waals surface area contributed by atoms with Gasteiger partial charge in [-0.15, -0.1) is 16.9 Å². The van der Waals surface area contributed by atoms with E-state index in [4.69, 9.17) is 4.74 Å². The number of hydrogen-bond acceptors (Lipinski definition) is 8. The fraction of sp³-hybridized carbons (Fsp3) is 0.211. The molecule has 2 aromatic rings. The molecule has 2 aromatic carbocycles. The molecular weight excluding hydrogens is 382 g/mol. The Morgan fingerprint density at radius 2 is 1.82 bits per heavy atom. The number of hydrogen-bond donors (Lipinski definition) is 1. The number of ether oxygens (including phenoxy) is 1. The van der Waals surface area contributed by atoms with E-state index < -0.39 is 10.9 Å². The topological polar surface area (TPSA) is 114 Å². The molecule has 0 radical (unpaired) electrons. The van der Waals surface area contributed by atoms with Crippen LogP contribution in [0, 0.1) is 17.0 Å². The van der Waals surface area contributed by atoms with Crippen LogP contribution in [0.1, 0.15) is 12.5 Å². The molecule has 8 nitrogen and oxygen atoms in total. The quantitative estimate of drug-likeness (QED) is 0.125. The molecule has 0 aliphatic rings. The lowest BCUT2D eigenvalue weighted by Gasteiger charge is -2.06. The SMILES string of the molecule is CCOC(=O)C(N=Nc1ccc([N+](=O)[O-])cc1)=C(O)CSc1ccc(C)cc1. The molecule has 0 unspecified atom stereocenters. The van der Waals surface area contributed by atoms with Crippen molar-refractivity contribution in [3.8, 4) is 0 Å². The zero-order valence-electron chi connectivity index (χ0n) is 15.4. The van der Waals surface area contributed by atoms with Crippen LogP contribution in [-0.2, 0) is 9.53 Å². The standard InChI is InChI=1S/C19H19N3O5S/c1-3-27-19(24)18(17(23)12-28-16-10-4-13(2)5-11-16)21-20-14-6-8-15(9-7-14)22(25)26/h4-11,23H,3,12H2,1-2H3. The van der Waals surface area contributed by atoms with E-state index in [1.165, 1.54) is 36.0 Å². The summed E-state index contributed by atoms with van der Waals surface area (Å²) in [6, 6.07) is 13.0. The number of aliphatic hydroxyl groups is 1. The number of aliphatic hydroxyl groups excluding tert-OH is 1. The van der Waals surface area contributed by atoms with Gasteiger partial charge in [0.1, 0.15) is 5.76 Å². The maximum atomic E-state index is 12.1. The largest absolute Gasteiger partial charge is 0.509 e. The normalized spacial score (nSPS) is 11.9. The molecule has 0 fully saturated rings. The average Bonchev–Trinajstić information content (AvgIpc) is 2.68. The summed E-state index contributed by atoms with van der Waals surface area (Å²) in [7, 11) is 0. The van der Waals surface area contributed by atoms with Gasteiger partial charge >= 0.3 is 5.97 Å². The van der Waals surface area contributed by atoms with Crippen molar-refractivity contribution in [2.75, 3.05) is 12.4 Å². The fourth-order valence-corrected chi connectivity index (χ4v) is 2.79. The first-order valence-electron chi connectivity index (χ1n) is 8.35. The molecule has 0 aromatic heterocycles. The third-order valence-corrected chi connectivity index (χ3v) is 4.49. The van der Waals surface area contributed by atoms with Crippen LogP contribution in [-0.4, -0.2) is 28.4 Å². The van der Waals surface area contributed by atoms with E-state index in [1.807, 2.05) is 31.2 Å². The number of benzene rings is 2. The zero-order valence-corrected chi connectivity index (χ0v) is 16.2. The monoisotopic (exact) mass is 401 g/mol. The van der Waals surface area contributed by atoms with Crippen LogP contribution in [0.3, 0.4) is 0 Å². The molecule has 1 N–H and O–H groups in total. The predicted molar refractivity (Wildman–Crippen MR) is 106 cm³/mol. The summed E-state index contributed by atoms with van der Waals surface area (Å²) in [6.45, 7) is 3.73. The van der Waals surface area contributed by atoms with Crippen LogP contribution in [0.15, 0.2) is 75.1 Å². The van der Waals surface area contributed by atoms with Crippen LogP contribution < -0.4 is 0 Å². The number of thioether (sulfide) groups is 1. The average molecular weight is 401 g/mol. The summed E-state index contributed by atoms with van der Waals surface area (Å²) in [5, 5.41) is 28.7. The minimum Gasteiger partial charge on any atom is -0.509 e. The van der Waals surface area contributed by atoms with Crippen LogP contribution in [0.4, 0.5) is 11.4 Å². The smallest absolute Gasteiger partial charge is 0.362 e. The predicted octanol–water partition coefficient (Wildman–Crippen LogP) is 5.11. The van der Waals surface area contributed by atoms with E-state index in [0.29, 0.717) is 5.69 Å².